The Morgan fingerprint density at radius 2 is 0.667 bits per heavy atom. The Balaban J connectivity index is -0.0000000980. The van der Waals surface area contributed by atoms with E-state index in [1.54, 1.807) is 0 Å². The molecule has 0 radical (unpaired) electrons. The Morgan fingerprint density at radius 1 is 0.611 bits per heavy atom. The van der Waals surface area contributed by atoms with E-state index < -0.39 is 31.3 Å². The predicted octanol–water partition coefficient (Wildman–Crippen LogP) is -1.51. The first kappa shape index (κ1) is 26.6. The van der Waals surface area contributed by atoms with Gasteiger partial charge in [0.1, 0.15) is 0 Å². The fourth-order valence-corrected chi connectivity index (χ4v) is 0. The van der Waals surface area contributed by atoms with Gasteiger partial charge in [0.15, 0.2) is 20.2 Å². The number of halogens is 6. The van der Waals surface area contributed by atoms with Crippen molar-refractivity contribution in [1.29, 1.82) is 0 Å². The predicted molar refractivity (Wildman–Crippen MR) is 54.6 cm³/mol. The number of hydrogen-bond acceptors (Lipinski definition) is 6. The molecule has 116 valence electrons. The lowest BCUT2D eigenvalue weighted by Gasteiger charge is -2.08. The smallest absolute Gasteiger partial charge is 0.485 e. The lowest BCUT2D eigenvalue weighted by molar-refractivity contribution is -0.0522. The highest BCUT2D eigenvalue weighted by Gasteiger charge is 2.37. The molecule has 0 aliphatic carbocycles. The Bertz CT molecular complexity index is 374. The Labute approximate surface area is 111 Å². The van der Waals surface area contributed by atoms with Crippen LogP contribution in [0.2, 0.25) is 0 Å². The van der Waals surface area contributed by atoms with E-state index in [-0.39, 0.29) is 27.0 Å². The van der Waals surface area contributed by atoms with Crippen LogP contribution in [0.3, 0.4) is 0 Å². The second-order valence-electron chi connectivity index (χ2n) is 1.80. The second-order valence-corrected chi connectivity index (χ2v) is 4.54. The summed E-state index contributed by atoms with van der Waals surface area (Å²) in [4.78, 5) is 0. The minimum Gasteiger partial charge on any atom is -0.741 e. The molecular formula is C2H6F6O6S4. The van der Waals surface area contributed by atoms with E-state index in [4.69, 9.17) is 25.9 Å². The van der Waals surface area contributed by atoms with Crippen LogP contribution in [0.4, 0.5) is 26.3 Å². The molecule has 0 saturated carbocycles. The van der Waals surface area contributed by atoms with Crippen molar-refractivity contribution >= 4 is 47.2 Å². The molecule has 0 atom stereocenters. The molecule has 0 amide bonds. The third kappa shape index (κ3) is 11.2. The zero-order chi connectivity index (χ0) is 14.0. The normalized spacial score (nSPS) is 12.4. The Kier molecular flexibility index (Phi) is 11.3. The first-order chi connectivity index (χ1) is 6.50. The summed E-state index contributed by atoms with van der Waals surface area (Å²) in [5.74, 6) is 0. The quantitative estimate of drug-likeness (QED) is 0.222. The summed E-state index contributed by atoms with van der Waals surface area (Å²) in [6.45, 7) is 0. The maximum atomic E-state index is 10.7. The van der Waals surface area contributed by atoms with Crippen LogP contribution in [0.1, 0.15) is 0 Å². The molecule has 0 aliphatic heterocycles. The van der Waals surface area contributed by atoms with Gasteiger partial charge in [-0.15, -0.1) is 0 Å². The average Bonchev–Trinajstić information content (AvgIpc) is 1.77. The average molecular weight is 368 g/mol. The van der Waals surface area contributed by atoms with Gasteiger partial charge in [-0.1, -0.05) is 27.0 Å². The number of alkyl halides is 6. The van der Waals surface area contributed by atoms with Crippen LogP contribution < -0.4 is 0 Å². The highest BCUT2D eigenvalue weighted by Crippen LogP contribution is 2.21. The lowest BCUT2D eigenvalue weighted by Crippen LogP contribution is -2.21. The standard InChI is InChI=1S/2CHF3O3S.2H2S/c2*2-1(3,4)8(5,6)7;;/h2*(H,5,6,7);2*1H2. The number of hydrogen-bond donors (Lipinski definition) is 0. The number of rotatable bonds is 0. The van der Waals surface area contributed by atoms with Gasteiger partial charge in [0.05, 0.1) is 0 Å². The third-order valence-electron chi connectivity index (χ3n) is 0.567. The molecule has 0 fully saturated rings. The second kappa shape index (κ2) is 7.63. The van der Waals surface area contributed by atoms with Crippen molar-refractivity contribution in [3.63, 3.8) is 0 Å². The molecule has 0 aromatic rings. The van der Waals surface area contributed by atoms with Crippen LogP contribution in [0.5, 0.6) is 0 Å². The molecule has 0 rings (SSSR count). The largest absolute Gasteiger partial charge is 0.741 e. The summed E-state index contributed by atoms with van der Waals surface area (Å²) < 4.78 is 118. The van der Waals surface area contributed by atoms with Gasteiger partial charge in [0, 0.05) is 0 Å². The fraction of sp³-hybridized carbons (Fsp3) is 1.00. The van der Waals surface area contributed by atoms with Crippen molar-refractivity contribution < 1.29 is 52.3 Å². The van der Waals surface area contributed by atoms with Gasteiger partial charge in [-0.2, -0.15) is 26.3 Å². The zero-order valence-electron chi connectivity index (χ0n) is 7.69. The molecule has 0 aliphatic rings. The molecule has 0 heterocycles. The highest BCUT2D eigenvalue weighted by molar-refractivity contribution is 7.86. The van der Waals surface area contributed by atoms with E-state index in [1.807, 2.05) is 0 Å². The summed E-state index contributed by atoms with van der Waals surface area (Å²) in [7, 11) is -12.2. The topological polar surface area (TPSA) is 114 Å². The van der Waals surface area contributed by atoms with E-state index in [0.29, 0.717) is 0 Å². The van der Waals surface area contributed by atoms with Crippen LogP contribution in [0.25, 0.3) is 0 Å². The summed E-state index contributed by atoms with van der Waals surface area (Å²) >= 11 is 0. The molecule has 0 bridgehead atoms. The monoisotopic (exact) mass is 368 g/mol. The van der Waals surface area contributed by atoms with Crippen molar-refractivity contribution in [2.24, 2.45) is 0 Å². The van der Waals surface area contributed by atoms with Gasteiger partial charge in [0.25, 0.3) is 0 Å². The van der Waals surface area contributed by atoms with Crippen LogP contribution in [0, 0.1) is 0 Å². The van der Waals surface area contributed by atoms with Crippen molar-refractivity contribution in [1.82, 2.24) is 0 Å². The van der Waals surface area contributed by atoms with Crippen molar-refractivity contribution in [2.45, 2.75) is 11.0 Å². The first-order valence-corrected chi connectivity index (χ1v) is 5.36. The van der Waals surface area contributed by atoms with E-state index in [9.17, 15) is 26.3 Å². The summed E-state index contributed by atoms with van der Waals surface area (Å²) in [5.41, 5.74) is -11.3. The zero-order valence-corrected chi connectivity index (χ0v) is 11.6. The van der Waals surface area contributed by atoms with Gasteiger partial charge in [-0.25, -0.2) is 16.8 Å². The summed E-state index contributed by atoms with van der Waals surface area (Å²) in [6.07, 6.45) is 0. The van der Waals surface area contributed by atoms with E-state index in [0.717, 1.165) is 0 Å². The molecule has 18 heavy (non-hydrogen) atoms. The Hall–Kier alpha value is 0.1000. The molecule has 0 spiro atoms. The highest BCUT2D eigenvalue weighted by atomic mass is 32.2. The molecule has 0 aromatic carbocycles. The van der Waals surface area contributed by atoms with Crippen LogP contribution in [0.15, 0.2) is 0 Å². The molecule has 0 unspecified atom stereocenters. The molecule has 6 nitrogen and oxygen atoms in total. The SMILES string of the molecule is O=S(=O)([O-])C(F)(F)F.O=S(=O)([O-])C(F)(F)F.[SH3+].[SH3+]. The minimum atomic E-state index is -6.09. The maximum Gasteiger partial charge on any atom is 0.485 e. The first-order valence-electron chi connectivity index (χ1n) is 2.54. The molecule has 0 N–H and O–H groups in total. The molecule has 0 aromatic heterocycles. The van der Waals surface area contributed by atoms with Gasteiger partial charge in [-0.3, -0.25) is 0 Å². The van der Waals surface area contributed by atoms with Gasteiger partial charge >= 0.3 is 11.0 Å². The van der Waals surface area contributed by atoms with Crippen molar-refractivity contribution in [3.8, 4) is 0 Å². The van der Waals surface area contributed by atoms with Gasteiger partial charge in [-0.05, 0) is 0 Å². The molecule has 0 saturated heterocycles. The maximum absolute atomic E-state index is 10.7. The van der Waals surface area contributed by atoms with Crippen LogP contribution in [-0.2, 0) is 47.2 Å². The van der Waals surface area contributed by atoms with Crippen LogP contribution >= 0.6 is 0 Å². The van der Waals surface area contributed by atoms with Gasteiger partial charge < -0.3 is 9.11 Å². The van der Waals surface area contributed by atoms with E-state index in [2.05, 4.69) is 0 Å². The minimum absolute atomic E-state index is 0. The van der Waals surface area contributed by atoms with E-state index in [1.165, 1.54) is 0 Å². The summed E-state index contributed by atoms with van der Waals surface area (Å²) in [5, 5.41) is 0. The fourth-order valence-electron chi connectivity index (χ4n) is 0. The Morgan fingerprint density at radius 3 is 0.667 bits per heavy atom. The third-order valence-corrected chi connectivity index (χ3v) is 1.70. The molecule has 16 heteroatoms. The van der Waals surface area contributed by atoms with Crippen molar-refractivity contribution in [2.75, 3.05) is 0 Å². The summed E-state index contributed by atoms with van der Waals surface area (Å²) in [6, 6.07) is 0. The lowest BCUT2D eigenvalue weighted by atomic mass is 11.6. The molecular weight excluding hydrogens is 362 g/mol. The van der Waals surface area contributed by atoms with Crippen molar-refractivity contribution in [3.05, 3.63) is 0 Å². The van der Waals surface area contributed by atoms with E-state index >= 15 is 0 Å². The van der Waals surface area contributed by atoms with Crippen LogP contribution in [-0.4, -0.2) is 37.0 Å². The van der Waals surface area contributed by atoms with Gasteiger partial charge in [0.2, 0.25) is 0 Å².